The number of nitrogens with zero attached hydrogens (tertiary/aromatic N) is 2. The third kappa shape index (κ3) is 3.19. The monoisotopic (exact) mass is 330 g/mol. The highest BCUT2D eigenvalue weighted by molar-refractivity contribution is 5.85. The van der Waals surface area contributed by atoms with E-state index in [9.17, 15) is 9.59 Å². The van der Waals surface area contributed by atoms with E-state index in [1.54, 1.807) is 0 Å². The van der Waals surface area contributed by atoms with E-state index in [1.807, 2.05) is 11.1 Å². The molecule has 6 nitrogen and oxygen atoms in total. The molecule has 6 heteroatoms. The average Bonchev–Trinajstić information content (AvgIpc) is 3.33. The van der Waals surface area contributed by atoms with Crippen molar-refractivity contribution >= 4 is 11.8 Å². The Hall–Kier alpha value is -1.85. The van der Waals surface area contributed by atoms with Crippen LogP contribution in [0.3, 0.4) is 0 Å². The van der Waals surface area contributed by atoms with Crippen LogP contribution in [-0.2, 0) is 16.0 Å². The van der Waals surface area contributed by atoms with Crippen molar-refractivity contribution in [3.63, 3.8) is 0 Å². The number of H-pyrrole nitrogens is 1. The number of fused-ring (bicyclic) bond motifs is 1. The maximum Gasteiger partial charge on any atom is 0.231 e. The van der Waals surface area contributed by atoms with Gasteiger partial charge >= 0.3 is 0 Å². The van der Waals surface area contributed by atoms with Crippen molar-refractivity contribution in [1.29, 1.82) is 0 Å². The van der Waals surface area contributed by atoms with Gasteiger partial charge in [0.05, 0.1) is 23.7 Å². The summed E-state index contributed by atoms with van der Waals surface area (Å²) in [7, 11) is 0. The highest BCUT2D eigenvalue weighted by atomic mass is 16.2. The highest BCUT2D eigenvalue weighted by Crippen LogP contribution is 2.32. The van der Waals surface area contributed by atoms with Crippen LogP contribution >= 0.6 is 0 Å². The summed E-state index contributed by atoms with van der Waals surface area (Å²) in [5.74, 6) is 0.831. The van der Waals surface area contributed by atoms with Gasteiger partial charge in [-0.25, -0.2) is 0 Å². The first-order chi connectivity index (χ1) is 11.7. The van der Waals surface area contributed by atoms with Crippen LogP contribution in [-0.4, -0.2) is 46.5 Å². The quantitative estimate of drug-likeness (QED) is 0.880. The van der Waals surface area contributed by atoms with Gasteiger partial charge in [-0.05, 0) is 56.4 Å². The van der Waals surface area contributed by atoms with Crippen LogP contribution in [0.15, 0.2) is 6.20 Å². The molecule has 2 aliphatic carbocycles. The zero-order valence-corrected chi connectivity index (χ0v) is 14.1. The van der Waals surface area contributed by atoms with E-state index >= 15 is 0 Å². The summed E-state index contributed by atoms with van der Waals surface area (Å²) in [4.78, 5) is 27.3. The molecule has 130 valence electrons. The molecule has 2 atom stereocenters. The van der Waals surface area contributed by atoms with Crippen molar-refractivity contribution in [2.75, 3.05) is 19.6 Å². The minimum atomic E-state index is -0.107. The van der Waals surface area contributed by atoms with Crippen LogP contribution in [0.5, 0.6) is 0 Å². The molecule has 24 heavy (non-hydrogen) atoms. The number of likely N-dealkylation sites (tertiary alicyclic amines) is 1. The first-order valence-corrected chi connectivity index (χ1v) is 9.31. The predicted molar refractivity (Wildman–Crippen MR) is 89.3 cm³/mol. The Morgan fingerprint density at radius 3 is 2.96 bits per heavy atom. The Labute approximate surface area is 142 Å². The molecule has 0 spiro atoms. The van der Waals surface area contributed by atoms with Gasteiger partial charge in [0.1, 0.15) is 0 Å². The van der Waals surface area contributed by atoms with Crippen molar-refractivity contribution in [1.82, 2.24) is 20.4 Å². The van der Waals surface area contributed by atoms with Crippen LogP contribution < -0.4 is 5.32 Å². The molecule has 1 saturated heterocycles. The van der Waals surface area contributed by atoms with Gasteiger partial charge in [-0.3, -0.25) is 14.7 Å². The Kier molecular flexibility index (Phi) is 4.29. The minimum absolute atomic E-state index is 0.0497. The maximum absolute atomic E-state index is 13.0. The molecule has 4 rings (SSSR count). The number of amides is 2. The maximum atomic E-state index is 13.0. The first kappa shape index (κ1) is 15.7. The van der Waals surface area contributed by atoms with Crippen molar-refractivity contribution < 1.29 is 9.59 Å². The van der Waals surface area contributed by atoms with Gasteiger partial charge in [-0.15, -0.1) is 0 Å². The summed E-state index contributed by atoms with van der Waals surface area (Å²) in [5.41, 5.74) is 2.17. The summed E-state index contributed by atoms with van der Waals surface area (Å²) in [5, 5.41) is 10.2. The molecule has 2 amide bonds. The molecule has 0 aromatic carbocycles. The number of carbonyl (C=O) groups excluding carboxylic acids is 2. The fraction of sp³-hybridized carbons (Fsp3) is 0.722. The van der Waals surface area contributed by atoms with Crippen LogP contribution in [0.25, 0.3) is 0 Å². The van der Waals surface area contributed by atoms with Gasteiger partial charge in [0.2, 0.25) is 11.8 Å². The summed E-state index contributed by atoms with van der Waals surface area (Å²) >= 11 is 0. The lowest BCUT2D eigenvalue weighted by molar-refractivity contribution is -0.137. The van der Waals surface area contributed by atoms with E-state index in [0.29, 0.717) is 12.5 Å². The van der Waals surface area contributed by atoms with Gasteiger partial charge in [-0.2, -0.15) is 5.10 Å². The fourth-order valence-corrected chi connectivity index (χ4v) is 4.03. The van der Waals surface area contributed by atoms with E-state index in [0.717, 1.165) is 50.9 Å². The number of piperidine rings is 1. The summed E-state index contributed by atoms with van der Waals surface area (Å²) in [6.45, 7) is 2.14. The van der Waals surface area contributed by atoms with E-state index in [2.05, 4.69) is 15.5 Å². The summed E-state index contributed by atoms with van der Waals surface area (Å²) in [6, 6.07) is 0. The lowest BCUT2D eigenvalue weighted by Crippen LogP contribution is -2.47. The second-order valence-corrected chi connectivity index (χ2v) is 7.57. The molecule has 2 N–H and O–H groups in total. The highest BCUT2D eigenvalue weighted by Gasteiger charge is 2.35. The third-order valence-corrected chi connectivity index (χ3v) is 5.70. The van der Waals surface area contributed by atoms with E-state index < -0.39 is 0 Å². The Morgan fingerprint density at radius 2 is 2.12 bits per heavy atom. The molecule has 2 heterocycles. The molecule has 1 saturated carbocycles. The SMILES string of the molecule is O=C(NCC1CC1)[C@@H]1CCCN(C(=O)[C@H]2CCCc3cn[nH]c32)C1. The smallest absolute Gasteiger partial charge is 0.231 e. The van der Waals surface area contributed by atoms with Crippen molar-refractivity contribution in [3.8, 4) is 0 Å². The summed E-state index contributed by atoms with van der Waals surface area (Å²) < 4.78 is 0. The molecular weight excluding hydrogens is 304 g/mol. The third-order valence-electron chi connectivity index (χ3n) is 5.70. The molecule has 1 aromatic rings. The fourth-order valence-electron chi connectivity index (χ4n) is 4.03. The number of nitrogens with one attached hydrogen (secondary N) is 2. The Morgan fingerprint density at radius 1 is 1.25 bits per heavy atom. The zero-order chi connectivity index (χ0) is 16.5. The molecule has 0 bridgehead atoms. The van der Waals surface area contributed by atoms with E-state index in [4.69, 9.17) is 0 Å². The number of hydrogen-bond donors (Lipinski definition) is 2. The van der Waals surface area contributed by atoms with Gasteiger partial charge < -0.3 is 10.2 Å². The van der Waals surface area contributed by atoms with Gasteiger partial charge in [0.15, 0.2) is 0 Å². The van der Waals surface area contributed by atoms with E-state index in [1.165, 1.54) is 18.4 Å². The lowest BCUT2D eigenvalue weighted by Gasteiger charge is -2.35. The number of aromatic amines is 1. The predicted octanol–water partition coefficient (Wildman–Crippen LogP) is 1.59. The van der Waals surface area contributed by atoms with Gasteiger partial charge in [0.25, 0.3) is 0 Å². The van der Waals surface area contributed by atoms with Gasteiger partial charge in [-0.1, -0.05) is 0 Å². The molecule has 2 fully saturated rings. The number of hydrogen-bond acceptors (Lipinski definition) is 3. The van der Waals surface area contributed by atoms with Crippen molar-refractivity contribution in [2.24, 2.45) is 11.8 Å². The van der Waals surface area contributed by atoms with Gasteiger partial charge in [0, 0.05) is 19.6 Å². The molecule has 0 unspecified atom stereocenters. The topological polar surface area (TPSA) is 78.1 Å². The average molecular weight is 330 g/mol. The van der Waals surface area contributed by atoms with E-state index in [-0.39, 0.29) is 23.7 Å². The zero-order valence-electron chi connectivity index (χ0n) is 14.1. The molecule has 1 aromatic heterocycles. The number of aromatic nitrogens is 2. The Balaban J connectivity index is 1.39. The number of rotatable bonds is 4. The van der Waals surface area contributed by atoms with Crippen LogP contribution in [0, 0.1) is 11.8 Å². The van der Waals surface area contributed by atoms with Crippen molar-refractivity contribution in [2.45, 2.75) is 50.9 Å². The van der Waals surface area contributed by atoms with Crippen LogP contribution in [0.2, 0.25) is 0 Å². The van der Waals surface area contributed by atoms with Crippen LogP contribution in [0.1, 0.15) is 55.7 Å². The number of aryl methyl sites for hydroxylation is 1. The Bertz CT molecular complexity index is 622. The summed E-state index contributed by atoms with van der Waals surface area (Å²) in [6.07, 6.45) is 9.04. The second-order valence-electron chi connectivity index (χ2n) is 7.57. The van der Waals surface area contributed by atoms with Crippen LogP contribution in [0.4, 0.5) is 0 Å². The molecule has 1 aliphatic heterocycles. The molecule has 0 radical (unpaired) electrons. The lowest BCUT2D eigenvalue weighted by atomic mass is 9.86. The molecular formula is C18H26N4O2. The molecule has 3 aliphatic rings. The minimum Gasteiger partial charge on any atom is -0.356 e. The first-order valence-electron chi connectivity index (χ1n) is 9.31. The number of carbonyl (C=O) groups is 2. The second kappa shape index (κ2) is 6.57. The largest absolute Gasteiger partial charge is 0.356 e. The van der Waals surface area contributed by atoms with Crippen molar-refractivity contribution in [3.05, 3.63) is 17.5 Å². The standard InChI is InChI=1S/C18H26N4O2/c23-17(19-9-12-6-7-12)14-4-2-8-22(11-14)18(24)15-5-1-3-13-10-20-21-16(13)15/h10,12,14-15H,1-9,11H2,(H,19,23)(H,20,21)/t14-,15+/m1/s1. The normalized spacial score (nSPS) is 26.8.